The molecule has 0 N–H and O–H groups in total. The lowest BCUT2D eigenvalue weighted by molar-refractivity contribution is 0.340. The van der Waals surface area contributed by atoms with Crippen molar-refractivity contribution in [3.63, 3.8) is 0 Å². The van der Waals surface area contributed by atoms with Crippen LogP contribution >= 0.6 is 23.4 Å². The summed E-state index contributed by atoms with van der Waals surface area (Å²) in [5.74, 6) is 1.69. The maximum absolute atomic E-state index is 5.96. The summed E-state index contributed by atoms with van der Waals surface area (Å²) in [6, 6.07) is 18.0. The van der Waals surface area contributed by atoms with E-state index in [1.165, 1.54) is 5.56 Å². The van der Waals surface area contributed by atoms with Crippen LogP contribution in [0.25, 0.3) is 16.8 Å². The average Bonchev–Trinajstić information content (AvgIpc) is 3.13. The van der Waals surface area contributed by atoms with E-state index < -0.39 is 0 Å². The summed E-state index contributed by atoms with van der Waals surface area (Å²) in [6.45, 7) is 2.64. The van der Waals surface area contributed by atoms with Crippen molar-refractivity contribution in [1.29, 1.82) is 0 Å². The summed E-state index contributed by atoms with van der Waals surface area (Å²) in [7, 11) is 0. The highest BCUT2D eigenvalue weighted by Crippen LogP contribution is 2.29. The van der Waals surface area contributed by atoms with Gasteiger partial charge in [0.2, 0.25) is 0 Å². The molecule has 0 atom stereocenters. The maximum Gasteiger partial charge on any atom is 0.122 e. The van der Waals surface area contributed by atoms with Crippen LogP contribution in [0.15, 0.2) is 72.0 Å². The zero-order valence-corrected chi connectivity index (χ0v) is 16.4. The van der Waals surface area contributed by atoms with Gasteiger partial charge in [0.05, 0.1) is 17.8 Å². The van der Waals surface area contributed by atoms with Crippen molar-refractivity contribution in [2.45, 2.75) is 17.7 Å². The van der Waals surface area contributed by atoms with E-state index >= 15 is 0 Å². The third-order valence-electron chi connectivity index (χ3n) is 4.10. The van der Waals surface area contributed by atoms with Gasteiger partial charge in [0.1, 0.15) is 10.8 Å². The summed E-state index contributed by atoms with van der Waals surface area (Å²) in [5, 5.41) is 6.40. The Morgan fingerprint density at radius 1 is 1.07 bits per heavy atom. The Morgan fingerprint density at radius 3 is 2.59 bits per heavy atom. The monoisotopic (exact) mass is 395 g/mol. The predicted molar refractivity (Wildman–Crippen MR) is 111 cm³/mol. The highest BCUT2D eigenvalue weighted by atomic mass is 35.5. The van der Waals surface area contributed by atoms with Crippen molar-refractivity contribution >= 4 is 28.9 Å². The molecule has 0 aliphatic heterocycles. The fourth-order valence-corrected chi connectivity index (χ4v) is 3.83. The maximum atomic E-state index is 5.96. The molecule has 2 aromatic heterocycles. The van der Waals surface area contributed by atoms with Crippen LogP contribution in [0.1, 0.15) is 12.5 Å². The molecule has 0 bridgehead atoms. The summed E-state index contributed by atoms with van der Waals surface area (Å²) >= 11 is 7.65. The number of halogens is 1. The van der Waals surface area contributed by atoms with Gasteiger partial charge in [0.25, 0.3) is 0 Å². The van der Waals surface area contributed by atoms with Crippen LogP contribution in [-0.2, 0) is 5.75 Å². The van der Waals surface area contributed by atoms with Gasteiger partial charge < -0.3 is 4.74 Å². The fraction of sp³-hybridized carbons (Fsp3) is 0.143. The van der Waals surface area contributed by atoms with Crippen LogP contribution in [0.5, 0.6) is 5.75 Å². The third kappa shape index (κ3) is 4.10. The van der Waals surface area contributed by atoms with Gasteiger partial charge in [0.15, 0.2) is 0 Å². The molecule has 2 heterocycles. The Labute approximate surface area is 167 Å². The molecule has 0 amide bonds. The molecule has 0 aliphatic rings. The van der Waals surface area contributed by atoms with Crippen molar-refractivity contribution in [3.8, 4) is 17.0 Å². The first-order valence-electron chi connectivity index (χ1n) is 8.68. The van der Waals surface area contributed by atoms with Crippen molar-refractivity contribution in [1.82, 2.24) is 14.6 Å². The van der Waals surface area contributed by atoms with Crippen molar-refractivity contribution < 1.29 is 4.74 Å². The highest BCUT2D eigenvalue weighted by Gasteiger charge is 2.10. The Kier molecular flexibility index (Phi) is 5.32. The number of nitrogens with zero attached hydrogens (tertiary/aromatic N) is 3. The van der Waals surface area contributed by atoms with Gasteiger partial charge in [-0.2, -0.15) is 5.10 Å². The van der Waals surface area contributed by atoms with E-state index in [4.69, 9.17) is 21.4 Å². The largest absolute Gasteiger partial charge is 0.494 e. The van der Waals surface area contributed by atoms with E-state index in [-0.39, 0.29) is 0 Å². The average molecular weight is 396 g/mol. The number of aromatic nitrogens is 3. The molecule has 4 nitrogen and oxygen atoms in total. The summed E-state index contributed by atoms with van der Waals surface area (Å²) < 4.78 is 7.39. The Morgan fingerprint density at radius 2 is 1.85 bits per heavy atom. The minimum absolute atomic E-state index is 0.660. The second-order valence-corrected chi connectivity index (χ2v) is 7.36. The van der Waals surface area contributed by atoms with Crippen LogP contribution in [0.3, 0.4) is 0 Å². The Hall–Kier alpha value is -2.50. The number of fused-ring (bicyclic) bond motifs is 1. The number of hydrogen-bond acceptors (Lipinski definition) is 4. The smallest absolute Gasteiger partial charge is 0.122 e. The van der Waals surface area contributed by atoms with Crippen LogP contribution < -0.4 is 4.74 Å². The lowest BCUT2D eigenvalue weighted by Crippen LogP contribution is -1.92. The standard InChI is InChI=1S/C21H18ClN3OS/c1-2-26-18-9-5-16(6-10-18)19-13-20-21(23-11-12-25(20)24-19)27-14-15-3-7-17(22)8-4-15/h3-13H,2,14H2,1H3. The summed E-state index contributed by atoms with van der Waals surface area (Å²) in [5.41, 5.74) is 4.18. The van der Waals surface area contributed by atoms with E-state index in [0.717, 1.165) is 38.3 Å². The van der Waals surface area contributed by atoms with Gasteiger partial charge in [-0.15, -0.1) is 0 Å². The van der Waals surface area contributed by atoms with Crippen LogP contribution in [0.4, 0.5) is 0 Å². The minimum atomic E-state index is 0.660. The van der Waals surface area contributed by atoms with Crippen molar-refractivity contribution in [2.75, 3.05) is 6.61 Å². The van der Waals surface area contributed by atoms with Crippen LogP contribution in [-0.4, -0.2) is 21.2 Å². The number of hydrogen-bond donors (Lipinski definition) is 0. The van der Waals surface area contributed by atoms with Crippen molar-refractivity contribution in [3.05, 3.63) is 77.6 Å². The number of benzene rings is 2. The van der Waals surface area contributed by atoms with E-state index in [0.29, 0.717) is 6.61 Å². The van der Waals surface area contributed by atoms with E-state index in [2.05, 4.69) is 11.1 Å². The molecule has 0 aliphatic carbocycles. The molecule has 0 fully saturated rings. The lowest BCUT2D eigenvalue weighted by atomic mass is 10.1. The topological polar surface area (TPSA) is 39.4 Å². The molecule has 27 heavy (non-hydrogen) atoms. The van der Waals surface area contributed by atoms with Gasteiger partial charge in [-0.05, 0) is 55.0 Å². The lowest BCUT2D eigenvalue weighted by Gasteiger charge is -2.03. The Bertz CT molecular complexity index is 1050. The molecule has 0 unspecified atom stereocenters. The van der Waals surface area contributed by atoms with Gasteiger partial charge in [0, 0.05) is 28.7 Å². The molecule has 136 valence electrons. The summed E-state index contributed by atoms with van der Waals surface area (Å²) in [6.07, 6.45) is 3.66. The molecule has 4 rings (SSSR count). The van der Waals surface area contributed by atoms with Gasteiger partial charge in [-0.25, -0.2) is 9.50 Å². The molecular formula is C21H18ClN3OS. The molecule has 2 aromatic carbocycles. The third-order valence-corrected chi connectivity index (χ3v) is 5.42. The second kappa shape index (κ2) is 8.03. The number of ether oxygens (including phenoxy) is 1. The number of thioether (sulfide) groups is 1. The predicted octanol–water partition coefficient (Wildman–Crippen LogP) is 5.74. The second-order valence-electron chi connectivity index (χ2n) is 5.96. The summed E-state index contributed by atoms with van der Waals surface area (Å²) in [4.78, 5) is 4.54. The van der Waals surface area contributed by atoms with E-state index in [9.17, 15) is 0 Å². The fourth-order valence-electron chi connectivity index (χ4n) is 2.77. The molecule has 0 radical (unpaired) electrons. The van der Waals surface area contributed by atoms with Crippen molar-refractivity contribution in [2.24, 2.45) is 0 Å². The SMILES string of the molecule is CCOc1ccc(-c2cc3c(SCc4ccc(Cl)cc4)nccn3n2)cc1. The van der Waals surface area contributed by atoms with E-state index in [1.54, 1.807) is 18.0 Å². The van der Waals surface area contributed by atoms with Crippen LogP contribution in [0, 0.1) is 0 Å². The zero-order valence-electron chi connectivity index (χ0n) is 14.8. The number of rotatable bonds is 6. The first kappa shape index (κ1) is 17.9. The zero-order chi connectivity index (χ0) is 18.6. The van der Waals surface area contributed by atoms with E-state index in [1.807, 2.05) is 66.2 Å². The van der Waals surface area contributed by atoms with Crippen LogP contribution in [0.2, 0.25) is 5.02 Å². The molecular weight excluding hydrogens is 378 g/mol. The minimum Gasteiger partial charge on any atom is -0.494 e. The van der Waals surface area contributed by atoms with Gasteiger partial charge in [-0.1, -0.05) is 35.5 Å². The van der Waals surface area contributed by atoms with Gasteiger partial charge >= 0.3 is 0 Å². The first-order chi connectivity index (χ1) is 13.2. The quantitative estimate of drug-likeness (QED) is 0.390. The highest BCUT2D eigenvalue weighted by molar-refractivity contribution is 7.98. The normalized spacial score (nSPS) is 11.0. The molecule has 6 heteroatoms. The molecule has 0 saturated carbocycles. The molecule has 4 aromatic rings. The first-order valence-corrected chi connectivity index (χ1v) is 10.0. The molecule has 0 saturated heterocycles. The van der Waals surface area contributed by atoms with Gasteiger partial charge in [-0.3, -0.25) is 0 Å². The molecule has 0 spiro atoms. The Balaban J connectivity index is 1.58.